The second-order valence-electron chi connectivity index (χ2n) is 7.52. The number of ether oxygens (including phenoxy) is 1. The van der Waals surface area contributed by atoms with Gasteiger partial charge in [0.2, 0.25) is 0 Å². The molecule has 25 heavy (non-hydrogen) atoms. The molecule has 130 valence electrons. The van der Waals surface area contributed by atoms with Gasteiger partial charge in [-0.1, -0.05) is 26.0 Å². The number of carbonyl (C=O) groups is 1. The van der Waals surface area contributed by atoms with Crippen molar-refractivity contribution in [3.05, 3.63) is 42.0 Å². The highest BCUT2D eigenvalue weighted by atomic mass is 16.5. The first-order chi connectivity index (χ1) is 11.9. The molecule has 1 saturated carbocycles. The Morgan fingerprint density at radius 2 is 1.96 bits per heavy atom. The zero-order valence-electron chi connectivity index (χ0n) is 14.3. The molecule has 2 aromatic rings. The van der Waals surface area contributed by atoms with E-state index in [2.05, 4.69) is 15.3 Å². The summed E-state index contributed by atoms with van der Waals surface area (Å²) in [5, 5.41) is 11.8. The van der Waals surface area contributed by atoms with Gasteiger partial charge in [0, 0.05) is 34.9 Å². The molecule has 1 amide bonds. The normalized spacial score (nSPS) is 21.1. The maximum atomic E-state index is 11.2. The minimum Gasteiger partial charge on any atom is -0.493 e. The number of hydrogen-bond donors (Lipinski definition) is 2. The van der Waals surface area contributed by atoms with Crippen LogP contribution in [-0.4, -0.2) is 27.8 Å². The molecule has 2 N–H and O–H groups in total. The summed E-state index contributed by atoms with van der Waals surface area (Å²) < 4.78 is 5.91. The second kappa shape index (κ2) is 5.72. The Bertz CT molecular complexity index is 813. The standard InChI is InChI=1S/C19H21N3O3/c1-19(2)10-25-15-7-12(5-6-14(15)16(19)22-18(23)24)13-8-20-17(21-9-13)11-3-4-11/h5-9,11,16,22H,3-4,10H2,1-2H3,(H,23,24). The lowest BCUT2D eigenvalue weighted by molar-refractivity contribution is 0.0996. The van der Waals surface area contributed by atoms with Gasteiger partial charge in [0.1, 0.15) is 11.6 Å². The molecule has 1 aromatic heterocycles. The molecule has 0 bridgehead atoms. The third-order valence-electron chi connectivity index (χ3n) is 4.92. The zero-order valence-corrected chi connectivity index (χ0v) is 14.3. The van der Waals surface area contributed by atoms with Gasteiger partial charge in [0.05, 0.1) is 12.6 Å². The molecule has 1 unspecified atom stereocenters. The average Bonchev–Trinajstić information content (AvgIpc) is 3.42. The number of carboxylic acid groups (broad SMARTS) is 1. The Hall–Kier alpha value is -2.63. The van der Waals surface area contributed by atoms with Crippen molar-refractivity contribution in [3.8, 4) is 16.9 Å². The summed E-state index contributed by atoms with van der Waals surface area (Å²) in [7, 11) is 0. The number of rotatable bonds is 3. The molecule has 2 heterocycles. The summed E-state index contributed by atoms with van der Waals surface area (Å²) >= 11 is 0. The maximum Gasteiger partial charge on any atom is 0.405 e. The molecular weight excluding hydrogens is 318 g/mol. The molecule has 1 fully saturated rings. The Kier molecular flexibility index (Phi) is 3.63. The number of nitrogens with zero attached hydrogens (tertiary/aromatic N) is 2. The summed E-state index contributed by atoms with van der Waals surface area (Å²) in [4.78, 5) is 20.1. The summed E-state index contributed by atoms with van der Waals surface area (Å²) in [6.45, 7) is 4.44. The smallest absolute Gasteiger partial charge is 0.405 e. The molecular formula is C19H21N3O3. The van der Waals surface area contributed by atoms with Crippen LogP contribution in [0, 0.1) is 5.41 Å². The maximum absolute atomic E-state index is 11.2. The lowest BCUT2D eigenvalue weighted by atomic mass is 9.78. The van der Waals surface area contributed by atoms with E-state index in [9.17, 15) is 4.79 Å². The second-order valence-corrected chi connectivity index (χ2v) is 7.52. The Morgan fingerprint density at radius 3 is 2.60 bits per heavy atom. The Morgan fingerprint density at radius 1 is 1.24 bits per heavy atom. The minimum atomic E-state index is -1.03. The average molecular weight is 339 g/mol. The first kappa shape index (κ1) is 15.9. The van der Waals surface area contributed by atoms with E-state index in [1.807, 2.05) is 44.4 Å². The van der Waals surface area contributed by atoms with Gasteiger partial charge >= 0.3 is 6.09 Å². The van der Waals surface area contributed by atoms with Gasteiger partial charge in [-0.2, -0.15) is 0 Å². The fourth-order valence-corrected chi connectivity index (χ4v) is 3.28. The molecule has 1 atom stereocenters. The highest BCUT2D eigenvalue weighted by Gasteiger charge is 2.38. The number of amides is 1. The molecule has 1 aromatic carbocycles. The number of fused-ring (bicyclic) bond motifs is 1. The molecule has 2 aliphatic rings. The lowest BCUT2D eigenvalue weighted by Crippen LogP contribution is -2.43. The number of aromatic nitrogens is 2. The number of nitrogens with one attached hydrogen (secondary N) is 1. The van der Waals surface area contributed by atoms with E-state index in [0.29, 0.717) is 18.3 Å². The van der Waals surface area contributed by atoms with Gasteiger partial charge < -0.3 is 15.2 Å². The van der Waals surface area contributed by atoms with Crippen LogP contribution in [0.2, 0.25) is 0 Å². The van der Waals surface area contributed by atoms with Gasteiger partial charge in [-0.25, -0.2) is 14.8 Å². The van der Waals surface area contributed by atoms with Crippen LogP contribution in [0.1, 0.15) is 50.0 Å². The monoisotopic (exact) mass is 339 g/mol. The summed E-state index contributed by atoms with van der Waals surface area (Å²) in [5.41, 5.74) is 2.44. The summed E-state index contributed by atoms with van der Waals surface area (Å²) in [6.07, 6.45) is 5.03. The van der Waals surface area contributed by atoms with E-state index in [-0.39, 0.29) is 11.5 Å². The van der Waals surface area contributed by atoms with E-state index >= 15 is 0 Å². The number of hydrogen-bond acceptors (Lipinski definition) is 4. The topological polar surface area (TPSA) is 84.3 Å². The molecule has 4 rings (SSSR count). The lowest BCUT2D eigenvalue weighted by Gasteiger charge is -2.39. The van der Waals surface area contributed by atoms with Crippen molar-refractivity contribution in [2.75, 3.05) is 6.61 Å². The fourth-order valence-electron chi connectivity index (χ4n) is 3.28. The molecule has 6 nitrogen and oxygen atoms in total. The van der Waals surface area contributed by atoms with Crippen molar-refractivity contribution in [1.29, 1.82) is 0 Å². The fraction of sp³-hybridized carbons (Fsp3) is 0.421. The summed E-state index contributed by atoms with van der Waals surface area (Å²) in [5.74, 6) is 2.17. The molecule has 1 aliphatic carbocycles. The van der Waals surface area contributed by atoms with Crippen LogP contribution in [0.15, 0.2) is 30.6 Å². The van der Waals surface area contributed by atoms with E-state index in [4.69, 9.17) is 9.84 Å². The largest absolute Gasteiger partial charge is 0.493 e. The molecule has 6 heteroatoms. The van der Waals surface area contributed by atoms with Crippen LogP contribution in [0.25, 0.3) is 11.1 Å². The highest BCUT2D eigenvalue weighted by molar-refractivity contribution is 5.68. The van der Waals surface area contributed by atoms with E-state index in [1.165, 1.54) is 12.8 Å². The van der Waals surface area contributed by atoms with Gasteiger partial charge in [-0.15, -0.1) is 0 Å². The van der Waals surface area contributed by atoms with Gasteiger partial charge in [0.15, 0.2) is 0 Å². The zero-order chi connectivity index (χ0) is 17.6. The predicted molar refractivity (Wildman–Crippen MR) is 92.6 cm³/mol. The van der Waals surface area contributed by atoms with Crippen LogP contribution in [-0.2, 0) is 0 Å². The Balaban J connectivity index is 1.66. The molecule has 1 aliphatic heterocycles. The van der Waals surface area contributed by atoms with Crippen LogP contribution in [0.3, 0.4) is 0 Å². The van der Waals surface area contributed by atoms with Crippen molar-refractivity contribution in [3.63, 3.8) is 0 Å². The minimum absolute atomic E-state index is 0.309. The third-order valence-corrected chi connectivity index (χ3v) is 4.92. The number of benzene rings is 1. The molecule has 0 saturated heterocycles. The SMILES string of the molecule is CC1(C)COc2cc(-c3cnc(C4CC4)nc3)ccc2C1NC(=O)O. The summed E-state index contributed by atoms with van der Waals surface area (Å²) in [6, 6.07) is 5.53. The van der Waals surface area contributed by atoms with Crippen molar-refractivity contribution in [2.45, 2.75) is 38.6 Å². The van der Waals surface area contributed by atoms with Crippen LogP contribution >= 0.6 is 0 Å². The molecule has 0 spiro atoms. The van der Waals surface area contributed by atoms with Crippen LogP contribution < -0.4 is 10.1 Å². The van der Waals surface area contributed by atoms with E-state index in [1.54, 1.807) is 0 Å². The first-order valence-corrected chi connectivity index (χ1v) is 8.52. The van der Waals surface area contributed by atoms with Crippen LogP contribution in [0.4, 0.5) is 4.79 Å². The van der Waals surface area contributed by atoms with Crippen molar-refractivity contribution in [1.82, 2.24) is 15.3 Å². The van der Waals surface area contributed by atoms with Crippen molar-refractivity contribution in [2.24, 2.45) is 5.41 Å². The highest BCUT2D eigenvalue weighted by Crippen LogP contribution is 2.44. The Labute approximate surface area is 146 Å². The predicted octanol–water partition coefficient (Wildman–Crippen LogP) is 3.75. The quantitative estimate of drug-likeness (QED) is 0.890. The third kappa shape index (κ3) is 3.04. The van der Waals surface area contributed by atoms with Crippen LogP contribution in [0.5, 0.6) is 5.75 Å². The van der Waals surface area contributed by atoms with Gasteiger partial charge in [-0.3, -0.25) is 0 Å². The van der Waals surface area contributed by atoms with Crippen molar-refractivity contribution >= 4 is 6.09 Å². The van der Waals surface area contributed by atoms with Gasteiger partial charge in [0.25, 0.3) is 0 Å². The van der Waals surface area contributed by atoms with Gasteiger partial charge in [-0.05, 0) is 24.5 Å². The first-order valence-electron chi connectivity index (χ1n) is 8.52. The molecule has 0 radical (unpaired) electrons. The van der Waals surface area contributed by atoms with E-state index < -0.39 is 6.09 Å². The van der Waals surface area contributed by atoms with Crippen molar-refractivity contribution < 1.29 is 14.6 Å². The van der Waals surface area contributed by atoms with E-state index in [0.717, 1.165) is 22.5 Å².